The van der Waals surface area contributed by atoms with Gasteiger partial charge in [-0.05, 0) is 17.7 Å². The quantitative estimate of drug-likeness (QED) is 0.753. The normalized spacial score (nSPS) is 11.1. The molecule has 1 N–H and O–H groups in total. The van der Waals surface area contributed by atoms with E-state index in [1.807, 2.05) is 29.6 Å². The second-order valence-electron chi connectivity index (χ2n) is 4.23. The number of aliphatic hydroxyl groups excluding tert-OH is 1. The van der Waals surface area contributed by atoms with E-state index in [1.54, 1.807) is 28.4 Å². The number of hydrogen-bond acceptors (Lipinski definition) is 5. The van der Waals surface area contributed by atoms with E-state index >= 15 is 0 Å². The molecule has 0 bridgehead atoms. The zero-order valence-electron chi connectivity index (χ0n) is 10.5. The summed E-state index contributed by atoms with van der Waals surface area (Å²) in [7, 11) is 0. The molecule has 0 atom stereocenters. The Bertz CT molecular complexity index is 778. The Morgan fingerprint density at radius 3 is 2.85 bits per heavy atom. The fraction of sp³-hybridized carbons (Fsp3) is 0.143. The number of rotatable bonds is 4. The summed E-state index contributed by atoms with van der Waals surface area (Å²) in [6.45, 7) is 0.0539. The van der Waals surface area contributed by atoms with Crippen molar-refractivity contribution in [1.29, 1.82) is 0 Å². The lowest BCUT2D eigenvalue weighted by Gasteiger charge is -2.03. The largest absolute Gasteiger partial charge is 0.392 e. The van der Waals surface area contributed by atoms with Crippen LogP contribution in [0.3, 0.4) is 0 Å². The van der Waals surface area contributed by atoms with Gasteiger partial charge >= 0.3 is 0 Å². The Morgan fingerprint density at radius 2 is 2.10 bits per heavy atom. The molecular formula is C14H12N2O2S2. The van der Waals surface area contributed by atoms with E-state index in [1.165, 1.54) is 11.3 Å². The number of benzene rings is 1. The molecule has 0 saturated heterocycles. The number of aromatic nitrogens is 2. The van der Waals surface area contributed by atoms with Crippen molar-refractivity contribution in [3.05, 3.63) is 63.5 Å². The van der Waals surface area contributed by atoms with Gasteiger partial charge in [0.1, 0.15) is 0 Å². The first kappa shape index (κ1) is 13.4. The number of thiazole rings is 1. The molecule has 0 spiro atoms. The van der Waals surface area contributed by atoms with Crippen molar-refractivity contribution < 1.29 is 5.11 Å². The Balaban J connectivity index is 1.77. The summed E-state index contributed by atoms with van der Waals surface area (Å²) in [5, 5.41) is 10.8. The van der Waals surface area contributed by atoms with Gasteiger partial charge in [-0.15, -0.1) is 23.1 Å². The number of thioether (sulfide) groups is 1. The first-order valence-corrected chi connectivity index (χ1v) is 7.91. The van der Waals surface area contributed by atoms with Crippen LogP contribution in [0.15, 0.2) is 51.6 Å². The molecule has 0 radical (unpaired) electrons. The van der Waals surface area contributed by atoms with Gasteiger partial charge in [0, 0.05) is 28.3 Å². The van der Waals surface area contributed by atoms with E-state index in [0.29, 0.717) is 5.75 Å². The molecule has 3 aromatic rings. The second-order valence-corrected chi connectivity index (χ2v) is 6.15. The summed E-state index contributed by atoms with van der Waals surface area (Å²) in [6.07, 6.45) is 1.74. The van der Waals surface area contributed by atoms with Gasteiger partial charge in [0.2, 0.25) is 0 Å². The molecule has 102 valence electrons. The Labute approximate surface area is 123 Å². The van der Waals surface area contributed by atoms with E-state index in [4.69, 9.17) is 5.11 Å². The minimum Gasteiger partial charge on any atom is -0.392 e. The molecule has 0 unspecified atom stereocenters. The highest BCUT2D eigenvalue weighted by Crippen LogP contribution is 2.22. The summed E-state index contributed by atoms with van der Waals surface area (Å²) in [6, 6.07) is 9.30. The second kappa shape index (κ2) is 5.78. The maximum atomic E-state index is 11.8. The van der Waals surface area contributed by atoms with Crippen molar-refractivity contribution in [2.24, 2.45) is 0 Å². The van der Waals surface area contributed by atoms with Crippen LogP contribution in [0.2, 0.25) is 0 Å². The van der Waals surface area contributed by atoms with Crippen LogP contribution >= 0.6 is 23.1 Å². The number of nitrogens with zero attached hydrogens (tertiary/aromatic N) is 2. The summed E-state index contributed by atoms with van der Waals surface area (Å²) < 4.78 is 1.55. The lowest BCUT2D eigenvalue weighted by atomic mass is 10.2. The highest BCUT2D eigenvalue weighted by molar-refractivity contribution is 7.98. The van der Waals surface area contributed by atoms with Crippen LogP contribution in [0.25, 0.3) is 4.96 Å². The first-order valence-electron chi connectivity index (χ1n) is 6.04. The molecule has 0 aliphatic carbocycles. The van der Waals surface area contributed by atoms with Gasteiger partial charge in [0.25, 0.3) is 5.56 Å². The smallest absolute Gasteiger partial charge is 0.258 e. The molecule has 0 fully saturated rings. The average molecular weight is 304 g/mol. The van der Waals surface area contributed by atoms with Crippen molar-refractivity contribution in [2.45, 2.75) is 17.3 Å². The van der Waals surface area contributed by atoms with E-state index in [9.17, 15) is 4.79 Å². The molecule has 3 rings (SSSR count). The van der Waals surface area contributed by atoms with Crippen LogP contribution in [0.4, 0.5) is 0 Å². The van der Waals surface area contributed by atoms with Crippen molar-refractivity contribution in [1.82, 2.24) is 9.38 Å². The monoisotopic (exact) mass is 304 g/mol. The number of fused-ring (bicyclic) bond motifs is 1. The van der Waals surface area contributed by atoms with Crippen LogP contribution in [-0.2, 0) is 12.4 Å². The van der Waals surface area contributed by atoms with E-state index in [-0.39, 0.29) is 12.2 Å². The summed E-state index contributed by atoms with van der Waals surface area (Å²) in [4.78, 5) is 18.1. The molecule has 4 nitrogen and oxygen atoms in total. The summed E-state index contributed by atoms with van der Waals surface area (Å²) >= 11 is 3.08. The number of aliphatic hydroxyl groups is 1. The van der Waals surface area contributed by atoms with Crippen molar-refractivity contribution >= 4 is 28.1 Å². The average Bonchev–Trinajstić information content (AvgIpc) is 2.94. The first-order chi connectivity index (χ1) is 9.76. The summed E-state index contributed by atoms with van der Waals surface area (Å²) in [5.74, 6) is 0.655. The molecule has 2 aromatic heterocycles. The predicted octanol–water partition coefficient (Wildman–Crippen LogP) is 2.54. The highest BCUT2D eigenvalue weighted by Gasteiger charge is 2.04. The number of hydrogen-bond donors (Lipinski definition) is 1. The van der Waals surface area contributed by atoms with Gasteiger partial charge in [-0.1, -0.05) is 12.1 Å². The topological polar surface area (TPSA) is 54.6 Å². The van der Waals surface area contributed by atoms with Crippen LogP contribution in [0, 0.1) is 0 Å². The fourth-order valence-electron chi connectivity index (χ4n) is 1.81. The molecule has 0 saturated carbocycles. The maximum absolute atomic E-state index is 11.8. The lowest BCUT2D eigenvalue weighted by molar-refractivity contribution is 0.282. The zero-order chi connectivity index (χ0) is 13.9. The van der Waals surface area contributed by atoms with Crippen molar-refractivity contribution in [2.75, 3.05) is 0 Å². The van der Waals surface area contributed by atoms with Crippen LogP contribution < -0.4 is 5.56 Å². The van der Waals surface area contributed by atoms with Gasteiger partial charge in [-0.25, -0.2) is 4.98 Å². The SMILES string of the molecule is O=c1cc(CSc2ccc(CO)cc2)nc2sccn12. The minimum absolute atomic E-state index is 0.0394. The molecule has 20 heavy (non-hydrogen) atoms. The van der Waals surface area contributed by atoms with Gasteiger partial charge in [0.05, 0.1) is 12.3 Å². The van der Waals surface area contributed by atoms with Crippen LogP contribution in [-0.4, -0.2) is 14.5 Å². The molecule has 0 aliphatic heterocycles. The molecule has 1 aromatic carbocycles. The zero-order valence-corrected chi connectivity index (χ0v) is 12.2. The van der Waals surface area contributed by atoms with Gasteiger partial charge < -0.3 is 5.11 Å². The molecule has 6 heteroatoms. The highest BCUT2D eigenvalue weighted by atomic mass is 32.2. The maximum Gasteiger partial charge on any atom is 0.258 e. The standard InChI is InChI=1S/C14H12N2O2S2/c17-8-10-1-3-12(4-2-10)20-9-11-7-13(18)16-5-6-19-14(16)15-11/h1-7,17H,8-9H2. The van der Waals surface area contributed by atoms with E-state index in [2.05, 4.69) is 4.98 Å². The summed E-state index contributed by atoms with van der Waals surface area (Å²) in [5.41, 5.74) is 1.64. The Hall–Kier alpha value is -1.63. The fourth-order valence-corrected chi connectivity index (χ4v) is 3.34. The third-order valence-electron chi connectivity index (χ3n) is 2.85. The van der Waals surface area contributed by atoms with Crippen LogP contribution in [0.1, 0.15) is 11.3 Å². The van der Waals surface area contributed by atoms with E-state index in [0.717, 1.165) is 21.1 Å². The predicted molar refractivity (Wildman–Crippen MR) is 81.3 cm³/mol. The third kappa shape index (κ3) is 2.77. The van der Waals surface area contributed by atoms with Gasteiger partial charge in [-0.2, -0.15) is 0 Å². The molecule has 0 aliphatic rings. The third-order valence-corrected chi connectivity index (χ3v) is 4.65. The Morgan fingerprint density at radius 1 is 1.30 bits per heavy atom. The van der Waals surface area contributed by atoms with Crippen molar-refractivity contribution in [3.8, 4) is 0 Å². The minimum atomic E-state index is -0.0394. The van der Waals surface area contributed by atoms with E-state index < -0.39 is 0 Å². The molecule has 2 heterocycles. The molecule has 0 amide bonds. The lowest BCUT2D eigenvalue weighted by Crippen LogP contribution is -2.12. The van der Waals surface area contributed by atoms with Gasteiger partial charge in [-0.3, -0.25) is 9.20 Å². The van der Waals surface area contributed by atoms with Crippen molar-refractivity contribution in [3.63, 3.8) is 0 Å². The molecular weight excluding hydrogens is 292 g/mol. The van der Waals surface area contributed by atoms with Crippen LogP contribution in [0.5, 0.6) is 0 Å². The van der Waals surface area contributed by atoms with Gasteiger partial charge in [0.15, 0.2) is 4.96 Å². The Kier molecular flexibility index (Phi) is 3.86.